The second kappa shape index (κ2) is 11.5. The van der Waals surface area contributed by atoms with E-state index in [0.717, 1.165) is 32.1 Å². The van der Waals surface area contributed by atoms with Crippen molar-refractivity contribution in [2.45, 2.75) is 117 Å². The van der Waals surface area contributed by atoms with Gasteiger partial charge in [0.25, 0.3) is 0 Å². The summed E-state index contributed by atoms with van der Waals surface area (Å²) in [6, 6.07) is 0.0140. The lowest BCUT2D eigenvalue weighted by Crippen LogP contribution is -2.56. The number of amides is 2. The van der Waals surface area contributed by atoms with Crippen molar-refractivity contribution in [1.82, 2.24) is 10.6 Å². The smallest absolute Gasteiger partial charge is 0.245 e. The molecule has 1 atom stereocenters. The molecule has 25 heavy (non-hydrogen) atoms. The van der Waals surface area contributed by atoms with Gasteiger partial charge >= 0.3 is 0 Å². The van der Waals surface area contributed by atoms with Gasteiger partial charge in [0.05, 0.1) is 5.60 Å². The molecule has 2 amide bonds. The molecular weight excluding hydrogens is 316 g/mol. The van der Waals surface area contributed by atoms with Crippen molar-refractivity contribution in [2.75, 3.05) is 0 Å². The zero-order valence-corrected chi connectivity index (χ0v) is 17.2. The molecule has 0 spiro atoms. The van der Waals surface area contributed by atoms with Crippen LogP contribution in [-0.4, -0.2) is 34.1 Å². The van der Waals surface area contributed by atoms with E-state index in [9.17, 15) is 14.7 Å². The van der Waals surface area contributed by atoms with E-state index in [1.807, 2.05) is 6.92 Å². The predicted octanol–water partition coefficient (Wildman–Crippen LogP) is 3.69. The zero-order chi connectivity index (χ0) is 19.5. The molecule has 0 aliphatic rings. The third-order valence-electron chi connectivity index (χ3n) is 4.33. The van der Waals surface area contributed by atoms with Gasteiger partial charge in [-0.2, -0.15) is 0 Å². The maximum Gasteiger partial charge on any atom is 0.245 e. The van der Waals surface area contributed by atoms with E-state index in [4.69, 9.17) is 0 Å². The van der Waals surface area contributed by atoms with Crippen molar-refractivity contribution in [1.29, 1.82) is 0 Å². The number of carbonyl (C=O) groups is 2. The highest BCUT2D eigenvalue weighted by atomic mass is 16.3. The van der Waals surface area contributed by atoms with Gasteiger partial charge in [-0.15, -0.1) is 0 Å². The van der Waals surface area contributed by atoms with Crippen molar-refractivity contribution in [3.05, 3.63) is 0 Å². The summed E-state index contributed by atoms with van der Waals surface area (Å²) in [7, 11) is 0. The second-order valence-corrected chi connectivity index (χ2v) is 8.42. The highest BCUT2D eigenvalue weighted by molar-refractivity contribution is 5.90. The van der Waals surface area contributed by atoms with Gasteiger partial charge in [0.1, 0.15) is 5.54 Å². The van der Waals surface area contributed by atoms with E-state index in [2.05, 4.69) is 17.6 Å². The van der Waals surface area contributed by atoms with E-state index in [-0.39, 0.29) is 17.9 Å². The third kappa shape index (κ3) is 12.9. The standard InChI is InChI=1S/C20H40N2O3/c1-7-8-9-10-11-14-17(23)22-20(5,6)18(24)21-16(2)13-12-15-19(3,4)25/h16,25H,7-15H2,1-6H3,(H,21,24)(H,22,23)/t16-/m0/s1. The lowest BCUT2D eigenvalue weighted by atomic mass is 9.98. The average Bonchev–Trinajstić information content (AvgIpc) is 2.45. The molecule has 0 radical (unpaired) electrons. The van der Waals surface area contributed by atoms with E-state index in [0.29, 0.717) is 12.8 Å². The van der Waals surface area contributed by atoms with Crippen molar-refractivity contribution in [3.63, 3.8) is 0 Å². The van der Waals surface area contributed by atoms with Crippen molar-refractivity contribution in [3.8, 4) is 0 Å². The average molecular weight is 357 g/mol. The Bertz CT molecular complexity index is 400. The van der Waals surface area contributed by atoms with Gasteiger partial charge < -0.3 is 15.7 Å². The van der Waals surface area contributed by atoms with E-state index in [1.54, 1.807) is 27.7 Å². The Morgan fingerprint density at radius 2 is 1.60 bits per heavy atom. The minimum absolute atomic E-state index is 0.0140. The zero-order valence-electron chi connectivity index (χ0n) is 17.2. The molecule has 0 aromatic heterocycles. The summed E-state index contributed by atoms with van der Waals surface area (Å²) >= 11 is 0. The molecule has 0 heterocycles. The predicted molar refractivity (Wildman–Crippen MR) is 103 cm³/mol. The summed E-state index contributed by atoms with van der Waals surface area (Å²) in [5.41, 5.74) is -1.58. The molecule has 0 saturated heterocycles. The molecule has 0 rings (SSSR count). The number of unbranched alkanes of at least 4 members (excludes halogenated alkanes) is 4. The molecule has 0 bridgehead atoms. The first-order chi connectivity index (χ1) is 11.5. The monoisotopic (exact) mass is 356 g/mol. The molecular formula is C20H40N2O3. The van der Waals surface area contributed by atoms with Crippen LogP contribution in [0.5, 0.6) is 0 Å². The number of hydrogen-bond donors (Lipinski definition) is 3. The normalized spacial score (nSPS) is 13.4. The Balaban J connectivity index is 4.15. The second-order valence-electron chi connectivity index (χ2n) is 8.42. The third-order valence-corrected chi connectivity index (χ3v) is 4.33. The summed E-state index contributed by atoms with van der Waals surface area (Å²) < 4.78 is 0. The molecule has 0 aliphatic heterocycles. The molecule has 0 aromatic carbocycles. The molecule has 0 fully saturated rings. The minimum atomic E-state index is -0.912. The van der Waals surface area contributed by atoms with E-state index in [1.165, 1.54) is 12.8 Å². The fourth-order valence-corrected chi connectivity index (χ4v) is 2.67. The van der Waals surface area contributed by atoms with Crippen LogP contribution >= 0.6 is 0 Å². The molecule has 3 N–H and O–H groups in total. The van der Waals surface area contributed by atoms with Crippen molar-refractivity contribution < 1.29 is 14.7 Å². The summed E-state index contributed by atoms with van der Waals surface area (Å²) in [5, 5.41) is 15.5. The Morgan fingerprint density at radius 3 is 2.16 bits per heavy atom. The van der Waals surface area contributed by atoms with Crippen molar-refractivity contribution in [2.24, 2.45) is 0 Å². The Morgan fingerprint density at radius 1 is 1.00 bits per heavy atom. The number of hydrogen-bond acceptors (Lipinski definition) is 3. The molecule has 0 aromatic rings. The van der Waals surface area contributed by atoms with Crippen LogP contribution in [0.3, 0.4) is 0 Å². The molecule has 148 valence electrons. The fourth-order valence-electron chi connectivity index (χ4n) is 2.67. The summed E-state index contributed by atoms with van der Waals surface area (Å²) in [6.45, 7) is 11.2. The number of aliphatic hydroxyl groups is 1. The lowest BCUT2D eigenvalue weighted by Gasteiger charge is -2.27. The van der Waals surface area contributed by atoms with Crippen LogP contribution in [0.25, 0.3) is 0 Å². The van der Waals surface area contributed by atoms with Gasteiger partial charge in [0.2, 0.25) is 11.8 Å². The quantitative estimate of drug-likeness (QED) is 0.440. The first-order valence-electron chi connectivity index (χ1n) is 9.82. The van der Waals surface area contributed by atoms with Crippen LogP contribution in [0.2, 0.25) is 0 Å². The Labute approximate surface area is 154 Å². The highest BCUT2D eigenvalue weighted by Crippen LogP contribution is 2.14. The highest BCUT2D eigenvalue weighted by Gasteiger charge is 2.30. The van der Waals surface area contributed by atoms with Gasteiger partial charge in [-0.3, -0.25) is 9.59 Å². The maximum absolute atomic E-state index is 12.4. The van der Waals surface area contributed by atoms with Crippen LogP contribution in [0, 0.1) is 0 Å². The Hall–Kier alpha value is -1.10. The van der Waals surface area contributed by atoms with E-state index < -0.39 is 11.1 Å². The Kier molecular flexibility index (Phi) is 11.0. The summed E-state index contributed by atoms with van der Waals surface area (Å²) in [6.07, 6.45) is 8.31. The van der Waals surface area contributed by atoms with Crippen LogP contribution < -0.4 is 10.6 Å². The molecule has 5 nitrogen and oxygen atoms in total. The first-order valence-corrected chi connectivity index (χ1v) is 9.82. The summed E-state index contributed by atoms with van der Waals surface area (Å²) in [4.78, 5) is 24.5. The van der Waals surface area contributed by atoms with Crippen LogP contribution in [0.1, 0.15) is 99.3 Å². The SMILES string of the molecule is CCCCCCCC(=O)NC(C)(C)C(=O)N[C@@H](C)CCCC(C)(C)O. The lowest BCUT2D eigenvalue weighted by molar-refractivity contribution is -0.132. The maximum atomic E-state index is 12.4. The van der Waals surface area contributed by atoms with Gasteiger partial charge in [0, 0.05) is 12.5 Å². The van der Waals surface area contributed by atoms with Crippen LogP contribution in [-0.2, 0) is 9.59 Å². The topological polar surface area (TPSA) is 78.4 Å². The molecule has 5 heteroatoms. The summed E-state index contributed by atoms with van der Waals surface area (Å²) in [5.74, 6) is -0.228. The van der Waals surface area contributed by atoms with Crippen molar-refractivity contribution >= 4 is 11.8 Å². The molecule has 0 unspecified atom stereocenters. The van der Waals surface area contributed by atoms with Gasteiger partial charge in [-0.1, -0.05) is 32.6 Å². The number of rotatable bonds is 13. The van der Waals surface area contributed by atoms with Gasteiger partial charge in [-0.05, 0) is 60.3 Å². The largest absolute Gasteiger partial charge is 0.390 e. The number of carbonyl (C=O) groups excluding carboxylic acids is 2. The minimum Gasteiger partial charge on any atom is -0.390 e. The first kappa shape index (κ1) is 23.9. The molecule has 0 aliphatic carbocycles. The van der Waals surface area contributed by atoms with Crippen LogP contribution in [0.15, 0.2) is 0 Å². The van der Waals surface area contributed by atoms with Gasteiger partial charge in [0.15, 0.2) is 0 Å². The molecule has 0 saturated carbocycles. The number of nitrogens with one attached hydrogen (secondary N) is 2. The fraction of sp³-hybridized carbons (Fsp3) is 0.900. The van der Waals surface area contributed by atoms with E-state index >= 15 is 0 Å². The van der Waals surface area contributed by atoms with Gasteiger partial charge in [-0.25, -0.2) is 0 Å². The van der Waals surface area contributed by atoms with Crippen LogP contribution in [0.4, 0.5) is 0 Å².